The summed E-state index contributed by atoms with van der Waals surface area (Å²) < 4.78 is 5.86. The molecular weight excluding hydrogens is 312 g/mol. The third-order valence-corrected chi connectivity index (χ3v) is 4.71. The highest BCUT2D eigenvalue weighted by Gasteiger charge is 2.21. The summed E-state index contributed by atoms with van der Waals surface area (Å²) in [6, 6.07) is 10.1. The highest BCUT2D eigenvalue weighted by molar-refractivity contribution is 7.80. The van der Waals surface area contributed by atoms with Crippen LogP contribution in [-0.2, 0) is 0 Å². The largest absolute Gasteiger partial charge is 0.454 e. The quantitative estimate of drug-likeness (QED) is 0.478. The number of hydrogen-bond acceptors (Lipinski definition) is 4. The molecule has 0 radical (unpaired) electrons. The zero-order chi connectivity index (χ0) is 16.4. The first-order valence-electron chi connectivity index (χ1n) is 7.68. The number of benzene rings is 1. The van der Waals surface area contributed by atoms with E-state index in [4.69, 9.17) is 16.6 Å². The van der Waals surface area contributed by atoms with Gasteiger partial charge in [0.15, 0.2) is 5.76 Å². The molecule has 23 heavy (non-hydrogen) atoms. The average Bonchev–Trinajstić information content (AvgIpc) is 3.05. The van der Waals surface area contributed by atoms with Crippen molar-refractivity contribution in [1.29, 1.82) is 0 Å². The van der Waals surface area contributed by atoms with Gasteiger partial charge < -0.3 is 9.32 Å². The Morgan fingerprint density at radius 3 is 2.48 bits per heavy atom. The van der Waals surface area contributed by atoms with Gasteiger partial charge in [-0.3, -0.25) is 10.1 Å². The van der Waals surface area contributed by atoms with Gasteiger partial charge in [0.05, 0.1) is 4.92 Å². The van der Waals surface area contributed by atoms with E-state index in [2.05, 4.69) is 11.8 Å². The van der Waals surface area contributed by atoms with E-state index in [9.17, 15) is 10.1 Å². The molecule has 2 aromatic rings. The van der Waals surface area contributed by atoms with Crippen LogP contribution in [0.1, 0.15) is 25.5 Å². The number of nitro benzene ring substituents is 1. The molecule has 1 aromatic carbocycles. The van der Waals surface area contributed by atoms with E-state index in [1.54, 1.807) is 12.1 Å². The molecule has 3 rings (SSSR count). The van der Waals surface area contributed by atoms with Gasteiger partial charge in [0, 0.05) is 30.8 Å². The highest BCUT2D eigenvalue weighted by Crippen LogP contribution is 2.26. The second-order valence-electron chi connectivity index (χ2n) is 5.94. The number of piperidine rings is 1. The first kappa shape index (κ1) is 15.7. The molecule has 1 aromatic heterocycles. The van der Waals surface area contributed by atoms with Crippen molar-refractivity contribution in [1.82, 2.24) is 4.90 Å². The molecule has 0 unspecified atom stereocenters. The molecule has 1 aliphatic heterocycles. The number of furan rings is 1. The summed E-state index contributed by atoms with van der Waals surface area (Å²) in [6.07, 6.45) is 2.30. The van der Waals surface area contributed by atoms with E-state index in [-0.39, 0.29) is 5.69 Å². The number of hydrogen-bond donors (Lipinski definition) is 0. The molecule has 0 aliphatic carbocycles. The molecule has 0 spiro atoms. The molecule has 0 amide bonds. The van der Waals surface area contributed by atoms with Crippen LogP contribution < -0.4 is 0 Å². The lowest BCUT2D eigenvalue weighted by atomic mass is 9.99. The number of nitro groups is 1. The topological polar surface area (TPSA) is 59.5 Å². The van der Waals surface area contributed by atoms with E-state index in [0.29, 0.717) is 11.5 Å². The van der Waals surface area contributed by atoms with Crippen molar-refractivity contribution < 1.29 is 9.34 Å². The van der Waals surface area contributed by atoms with Crippen molar-refractivity contribution in [2.24, 2.45) is 5.92 Å². The van der Waals surface area contributed by atoms with Crippen LogP contribution >= 0.6 is 12.2 Å². The summed E-state index contributed by atoms with van der Waals surface area (Å²) in [5.41, 5.74) is 0.871. The van der Waals surface area contributed by atoms with Crippen molar-refractivity contribution >= 4 is 22.9 Å². The SMILES string of the molecule is CC1CCN(C(=S)c2ccc(-c3ccc([N+](=O)[O-])cc3)o2)CC1. The van der Waals surface area contributed by atoms with Gasteiger partial charge in [-0.15, -0.1) is 0 Å². The lowest BCUT2D eigenvalue weighted by molar-refractivity contribution is -0.384. The Bertz CT molecular complexity index is 716. The molecule has 1 fully saturated rings. The molecule has 2 heterocycles. The Hall–Kier alpha value is -2.21. The molecule has 6 heteroatoms. The standard InChI is InChI=1S/C17H18N2O3S/c1-12-8-10-18(11-9-12)17(23)16-7-6-15(22-16)13-2-4-14(5-3-13)19(20)21/h2-7,12H,8-11H2,1H3. The number of thiocarbonyl (C=S) groups is 1. The Morgan fingerprint density at radius 1 is 1.22 bits per heavy atom. The van der Waals surface area contributed by atoms with Crippen molar-refractivity contribution in [3.8, 4) is 11.3 Å². The van der Waals surface area contributed by atoms with Crippen molar-refractivity contribution in [3.63, 3.8) is 0 Å². The summed E-state index contributed by atoms with van der Waals surface area (Å²) in [7, 11) is 0. The van der Waals surface area contributed by atoms with Crippen molar-refractivity contribution in [2.75, 3.05) is 13.1 Å². The van der Waals surface area contributed by atoms with E-state index >= 15 is 0 Å². The third kappa shape index (κ3) is 3.42. The Labute approximate surface area is 140 Å². The van der Waals surface area contributed by atoms with Gasteiger partial charge in [0.1, 0.15) is 10.7 Å². The van der Waals surface area contributed by atoms with E-state index in [0.717, 1.165) is 42.4 Å². The van der Waals surface area contributed by atoms with Gasteiger partial charge >= 0.3 is 0 Å². The van der Waals surface area contributed by atoms with Gasteiger partial charge in [0.25, 0.3) is 5.69 Å². The monoisotopic (exact) mass is 330 g/mol. The van der Waals surface area contributed by atoms with Crippen LogP contribution in [0.3, 0.4) is 0 Å². The lowest BCUT2D eigenvalue weighted by Crippen LogP contribution is -2.37. The molecule has 120 valence electrons. The fraction of sp³-hybridized carbons (Fsp3) is 0.353. The normalized spacial score (nSPS) is 15.6. The molecule has 0 bridgehead atoms. The molecule has 5 nitrogen and oxygen atoms in total. The van der Waals surface area contributed by atoms with Gasteiger partial charge in [-0.05, 0) is 43.0 Å². The second-order valence-corrected chi connectivity index (χ2v) is 6.33. The van der Waals surface area contributed by atoms with E-state index in [1.165, 1.54) is 12.1 Å². The predicted molar refractivity (Wildman–Crippen MR) is 92.5 cm³/mol. The van der Waals surface area contributed by atoms with Crippen LogP contribution in [-0.4, -0.2) is 27.9 Å². The van der Waals surface area contributed by atoms with Crippen molar-refractivity contribution in [2.45, 2.75) is 19.8 Å². The highest BCUT2D eigenvalue weighted by atomic mass is 32.1. The molecule has 0 saturated carbocycles. The molecular formula is C17H18N2O3S. The van der Waals surface area contributed by atoms with Gasteiger partial charge in [0.2, 0.25) is 0 Å². The molecule has 0 N–H and O–H groups in total. The zero-order valence-corrected chi connectivity index (χ0v) is 13.7. The maximum atomic E-state index is 10.7. The minimum atomic E-state index is -0.413. The van der Waals surface area contributed by atoms with Crippen LogP contribution in [0, 0.1) is 16.0 Å². The van der Waals surface area contributed by atoms with Crippen LogP contribution in [0.25, 0.3) is 11.3 Å². The summed E-state index contributed by atoms with van der Waals surface area (Å²) in [5.74, 6) is 2.10. The van der Waals surface area contributed by atoms with Crippen molar-refractivity contribution in [3.05, 3.63) is 52.3 Å². The number of non-ortho nitro benzene ring substituents is 1. The van der Waals surface area contributed by atoms with Gasteiger partial charge in [-0.1, -0.05) is 19.1 Å². The Morgan fingerprint density at radius 2 is 1.87 bits per heavy atom. The van der Waals surface area contributed by atoms with E-state index < -0.39 is 4.92 Å². The van der Waals surface area contributed by atoms with Crippen LogP contribution in [0.4, 0.5) is 5.69 Å². The second kappa shape index (κ2) is 6.50. The number of rotatable bonds is 3. The smallest absolute Gasteiger partial charge is 0.269 e. The number of nitrogens with zero attached hydrogens (tertiary/aromatic N) is 2. The first-order valence-corrected chi connectivity index (χ1v) is 8.09. The third-order valence-electron chi connectivity index (χ3n) is 4.25. The maximum Gasteiger partial charge on any atom is 0.269 e. The minimum absolute atomic E-state index is 0.0680. The Balaban J connectivity index is 1.74. The van der Waals surface area contributed by atoms with Gasteiger partial charge in [-0.2, -0.15) is 0 Å². The van der Waals surface area contributed by atoms with Crippen LogP contribution in [0.2, 0.25) is 0 Å². The molecule has 1 aliphatic rings. The average molecular weight is 330 g/mol. The number of likely N-dealkylation sites (tertiary alicyclic amines) is 1. The van der Waals surface area contributed by atoms with Gasteiger partial charge in [-0.25, -0.2) is 0 Å². The first-order chi connectivity index (χ1) is 11.0. The zero-order valence-electron chi connectivity index (χ0n) is 12.9. The predicted octanol–water partition coefficient (Wildman–Crippen LogP) is 4.26. The van der Waals surface area contributed by atoms with Crippen LogP contribution in [0.5, 0.6) is 0 Å². The summed E-state index contributed by atoms with van der Waals surface area (Å²) in [5, 5.41) is 10.7. The Kier molecular flexibility index (Phi) is 4.43. The fourth-order valence-corrected chi connectivity index (χ4v) is 3.02. The summed E-state index contributed by atoms with van der Waals surface area (Å²) >= 11 is 5.54. The maximum absolute atomic E-state index is 10.7. The van der Waals surface area contributed by atoms with E-state index in [1.807, 2.05) is 12.1 Å². The fourth-order valence-electron chi connectivity index (χ4n) is 2.72. The minimum Gasteiger partial charge on any atom is -0.454 e. The molecule has 1 saturated heterocycles. The summed E-state index contributed by atoms with van der Waals surface area (Å²) in [4.78, 5) is 13.2. The summed E-state index contributed by atoms with van der Waals surface area (Å²) in [6.45, 7) is 4.20. The lowest BCUT2D eigenvalue weighted by Gasteiger charge is -2.31. The van der Waals surface area contributed by atoms with Crippen LogP contribution in [0.15, 0.2) is 40.8 Å². The molecule has 0 atom stereocenters.